The number of phenols is 1. The molecule has 33 heavy (non-hydrogen) atoms. The molecule has 0 fully saturated rings. The number of Topliss-reactive ketones (excluding diaryl/α,β-unsaturated/α-hetero) is 1. The summed E-state index contributed by atoms with van der Waals surface area (Å²) >= 11 is 0. The van der Waals surface area contributed by atoms with E-state index < -0.39 is 0 Å². The van der Waals surface area contributed by atoms with E-state index in [2.05, 4.69) is 84.0 Å². The summed E-state index contributed by atoms with van der Waals surface area (Å²) in [6.45, 7) is 12.7. The van der Waals surface area contributed by atoms with E-state index in [9.17, 15) is 9.90 Å². The van der Waals surface area contributed by atoms with Gasteiger partial charge in [-0.1, -0.05) is 96.1 Å². The van der Waals surface area contributed by atoms with Crippen LogP contribution in [0.2, 0.25) is 0 Å². The molecular weight excluding hydrogens is 404 g/mol. The summed E-state index contributed by atoms with van der Waals surface area (Å²) in [6.07, 6.45) is 1.08. The molecule has 0 unspecified atom stereocenters. The first-order chi connectivity index (χ1) is 15.4. The molecule has 170 valence electrons. The number of fused-ring (bicyclic) bond motifs is 2. The van der Waals surface area contributed by atoms with Crippen molar-refractivity contribution < 1.29 is 9.90 Å². The van der Waals surface area contributed by atoms with Crippen LogP contribution in [0.3, 0.4) is 0 Å². The van der Waals surface area contributed by atoms with Crippen molar-refractivity contribution in [3.8, 4) is 5.75 Å². The maximum Gasteiger partial charge on any atom is 0.163 e. The molecule has 1 N–H and O–H groups in total. The Labute approximate surface area is 197 Å². The van der Waals surface area contributed by atoms with Crippen molar-refractivity contribution in [2.24, 2.45) is 0 Å². The van der Waals surface area contributed by atoms with Crippen molar-refractivity contribution in [1.29, 1.82) is 0 Å². The van der Waals surface area contributed by atoms with Gasteiger partial charge < -0.3 is 5.11 Å². The number of carbonyl (C=O) groups excluding carboxylic acids is 1. The number of hydrogen-bond acceptors (Lipinski definition) is 2. The summed E-state index contributed by atoms with van der Waals surface area (Å²) in [7, 11) is 0. The van der Waals surface area contributed by atoms with Gasteiger partial charge in [0.05, 0.1) is 0 Å². The normalized spacial score (nSPS) is 12.4. The number of carbonyl (C=O) groups is 1. The van der Waals surface area contributed by atoms with E-state index in [-0.39, 0.29) is 16.6 Å². The van der Waals surface area contributed by atoms with Crippen LogP contribution in [0.1, 0.15) is 75.0 Å². The van der Waals surface area contributed by atoms with E-state index in [1.807, 2.05) is 24.3 Å². The standard InChI is InChI=1S/C31H34O2/c1-30(2,3)26-16-20(17-27(29(26)33)31(4,5)6)14-15-28(32)24-13-9-12-23-18-21-10-7-8-11-22(21)19-25(23)24/h7-13,16-19,33H,14-15H2,1-6H3. The Morgan fingerprint density at radius 2 is 1.27 bits per heavy atom. The minimum absolute atomic E-state index is 0.151. The number of rotatable bonds is 4. The van der Waals surface area contributed by atoms with Crippen molar-refractivity contribution in [2.45, 2.75) is 65.2 Å². The van der Waals surface area contributed by atoms with Gasteiger partial charge in [-0.25, -0.2) is 0 Å². The molecule has 0 atom stereocenters. The number of ketones is 1. The SMILES string of the molecule is CC(C)(C)c1cc(CCC(=O)c2cccc3cc4ccccc4cc23)cc(C(C)(C)C)c1O. The highest BCUT2D eigenvalue weighted by atomic mass is 16.3. The van der Waals surface area contributed by atoms with Gasteiger partial charge in [0, 0.05) is 12.0 Å². The second kappa shape index (κ2) is 8.33. The molecule has 0 radical (unpaired) electrons. The van der Waals surface area contributed by atoms with Gasteiger partial charge in [-0.3, -0.25) is 4.79 Å². The highest BCUT2D eigenvalue weighted by molar-refractivity contribution is 6.11. The highest BCUT2D eigenvalue weighted by Gasteiger charge is 2.26. The molecule has 0 aliphatic heterocycles. The van der Waals surface area contributed by atoms with E-state index in [1.165, 1.54) is 5.39 Å². The third-order valence-electron chi connectivity index (χ3n) is 6.47. The lowest BCUT2D eigenvalue weighted by Gasteiger charge is -2.28. The predicted octanol–water partition coefficient (Wildman–Crippen LogP) is 8.11. The van der Waals surface area contributed by atoms with E-state index in [1.54, 1.807) is 0 Å². The first-order valence-corrected chi connectivity index (χ1v) is 11.8. The third kappa shape index (κ3) is 4.66. The van der Waals surface area contributed by atoms with E-state index >= 15 is 0 Å². The Kier molecular flexibility index (Phi) is 5.82. The fourth-order valence-corrected chi connectivity index (χ4v) is 4.58. The molecule has 0 aliphatic carbocycles. The Morgan fingerprint density at radius 1 is 0.727 bits per heavy atom. The van der Waals surface area contributed by atoms with Gasteiger partial charge in [-0.2, -0.15) is 0 Å². The number of hydrogen-bond donors (Lipinski definition) is 1. The minimum Gasteiger partial charge on any atom is -0.507 e. The summed E-state index contributed by atoms with van der Waals surface area (Å²) < 4.78 is 0. The molecule has 4 rings (SSSR count). The molecular formula is C31H34O2. The molecule has 0 spiro atoms. The van der Waals surface area contributed by atoms with Crippen LogP contribution in [0.5, 0.6) is 5.75 Å². The van der Waals surface area contributed by atoms with Crippen LogP contribution in [0.15, 0.2) is 66.7 Å². The van der Waals surface area contributed by atoms with Crippen molar-refractivity contribution in [3.05, 3.63) is 89.0 Å². The van der Waals surface area contributed by atoms with Crippen LogP contribution >= 0.6 is 0 Å². The van der Waals surface area contributed by atoms with Crippen LogP contribution in [-0.2, 0) is 17.3 Å². The molecule has 2 heteroatoms. The van der Waals surface area contributed by atoms with Crippen LogP contribution in [0.4, 0.5) is 0 Å². The van der Waals surface area contributed by atoms with Crippen LogP contribution < -0.4 is 0 Å². The first kappa shape index (κ1) is 23.0. The Morgan fingerprint density at radius 3 is 1.85 bits per heavy atom. The maximum atomic E-state index is 13.3. The van der Waals surface area contributed by atoms with Crippen molar-refractivity contribution in [3.63, 3.8) is 0 Å². The van der Waals surface area contributed by atoms with Crippen LogP contribution in [0, 0.1) is 0 Å². The number of phenolic OH excluding ortho intramolecular Hbond substituents is 1. The topological polar surface area (TPSA) is 37.3 Å². The summed E-state index contributed by atoms with van der Waals surface area (Å²) in [5.74, 6) is 0.532. The molecule has 2 nitrogen and oxygen atoms in total. The monoisotopic (exact) mass is 438 g/mol. The Hall–Kier alpha value is -3.13. The number of aryl methyl sites for hydroxylation is 1. The van der Waals surface area contributed by atoms with Gasteiger partial charge in [0.25, 0.3) is 0 Å². The lowest BCUT2D eigenvalue weighted by molar-refractivity contribution is 0.0984. The van der Waals surface area contributed by atoms with E-state index in [0.29, 0.717) is 18.6 Å². The van der Waals surface area contributed by atoms with Crippen molar-refractivity contribution in [2.75, 3.05) is 0 Å². The molecule has 0 amide bonds. The van der Waals surface area contributed by atoms with Crippen LogP contribution in [-0.4, -0.2) is 10.9 Å². The summed E-state index contributed by atoms with van der Waals surface area (Å²) in [6, 6.07) is 22.7. The lowest BCUT2D eigenvalue weighted by Crippen LogP contribution is -2.18. The summed E-state index contributed by atoms with van der Waals surface area (Å²) in [5.41, 5.74) is 3.40. The molecule has 0 heterocycles. The highest BCUT2D eigenvalue weighted by Crippen LogP contribution is 2.40. The second-order valence-electron chi connectivity index (χ2n) is 11.2. The molecule has 0 bridgehead atoms. The van der Waals surface area contributed by atoms with Gasteiger partial charge in [0.1, 0.15) is 5.75 Å². The van der Waals surface area contributed by atoms with E-state index in [4.69, 9.17) is 0 Å². The minimum atomic E-state index is -0.180. The smallest absolute Gasteiger partial charge is 0.163 e. The number of aromatic hydroxyl groups is 1. The maximum absolute atomic E-state index is 13.3. The zero-order chi connectivity index (χ0) is 24.0. The van der Waals surface area contributed by atoms with Crippen LogP contribution in [0.25, 0.3) is 21.5 Å². The Bertz CT molecular complexity index is 1310. The average Bonchev–Trinajstić information content (AvgIpc) is 2.74. The fraction of sp³-hybridized carbons (Fsp3) is 0.323. The Balaban J connectivity index is 1.68. The molecule has 0 saturated heterocycles. The zero-order valence-corrected chi connectivity index (χ0v) is 20.6. The van der Waals surface area contributed by atoms with Gasteiger partial charge >= 0.3 is 0 Å². The summed E-state index contributed by atoms with van der Waals surface area (Å²) in [4.78, 5) is 13.3. The first-order valence-electron chi connectivity index (χ1n) is 11.8. The molecule has 4 aromatic rings. The molecule has 4 aromatic carbocycles. The van der Waals surface area contributed by atoms with Gasteiger partial charge in [-0.15, -0.1) is 0 Å². The number of benzene rings is 4. The van der Waals surface area contributed by atoms with Gasteiger partial charge in [-0.05, 0) is 67.6 Å². The molecule has 0 aromatic heterocycles. The zero-order valence-electron chi connectivity index (χ0n) is 20.6. The van der Waals surface area contributed by atoms with Gasteiger partial charge in [0.15, 0.2) is 5.78 Å². The largest absolute Gasteiger partial charge is 0.507 e. The van der Waals surface area contributed by atoms with Crippen molar-refractivity contribution in [1.82, 2.24) is 0 Å². The third-order valence-corrected chi connectivity index (χ3v) is 6.47. The second-order valence-corrected chi connectivity index (χ2v) is 11.2. The predicted molar refractivity (Wildman–Crippen MR) is 140 cm³/mol. The van der Waals surface area contributed by atoms with Crippen molar-refractivity contribution >= 4 is 27.3 Å². The fourth-order valence-electron chi connectivity index (χ4n) is 4.58. The molecule has 0 aliphatic rings. The summed E-state index contributed by atoms with van der Waals surface area (Å²) in [5, 5.41) is 15.4. The molecule has 0 saturated carbocycles. The van der Waals surface area contributed by atoms with Gasteiger partial charge in [0.2, 0.25) is 0 Å². The lowest BCUT2D eigenvalue weighted by atomic mass is 9.78. The average molecular weight is 439 g/mol. The quantitative estimate of drug-likeness (QED) is 0.258. The van der Waals surface area contributed by atoms with E-state index in [0.717, 1.165) is 38.4 Å².